The minimum atomic E-state index is -0.182. The first-order valence-electron chi connectivity index (χ1n) is 16.6. The standard InChI is InChI=1S/C34H51N7O4.BrH/c1-4-30-28(32(38-27-16-21-45-22-17-27)29-24-36-41(5-2)33(29)39-30)23-35-34(44)25-12-14-26(15-13-25)37-31(43)11-9-7-6-8-10-18-40(3)19-20-42;/h12-15,24,27,42H,4-11,16-23H2,1-3H3,(H,35,44)(H,37,43)(H,38,39);1H. The van der Waals surface area contributed by atoms with Gasteiger partial charge in [-0.15, -0.1) is 17.0 Å². The van der Waals surface area contributed by atoms with Gasteiger partial charge in [-0.1, -0.05) is 26.2 Å². The largest absolute Gasteiger partial charge is 0.395 e. The van der Waals surface area contributed by atoms with Crippen LogP contribution in [0.1, 0.15) is 86.8 Å². The van der Waals surface area contributed by atoms with Crippen molar-refractivity contribution in [3.8, 4) is 0 Å². The minimum absolute atomic E-state index is 0. The Labute approximate surface area is 283 Å². The van der Waals surface area contributed by atoms with E-state index in [1.807, 2.05) is 17.9 Å². The summed E-state index contributed by atoms with van der Waals surface area (Å²) in [5.74, 6) is -0.195. The summed E-state index contributed by atoms with van der Waals surface area (Å²) in [6.45, 7) is 8.56. The molecule has 1 fully saturated rings. The second-order valence-corrected chi connectivity index (χ2v) is 11.8. The van der Waals surface area contributed by atoms with Crippen molar-refractivity contribution in [2.45, 2.75) is 90.8 Å². The van der Waals surface area contributed by atoms with Crippen molar-refractivity contribution < 1.29 is 19.4 Å². The molecular formula is C34H52BrN7O4. The Morgan fingerprint density at radius 2 is 1.76 bits per heavy atom. The monoisotopic (exact) mass is 701 g/mol. The summed E-state index contributed by atoms with van der Waals surface area (Å²) in [7, 11) is 2.02. The Morgan fingerprint density at radius 1 is 1.04 bits per heavy atom. The van der Waals surface area contributed by atoms with Gasteiger partial charge in [-0.25, -0.2) is 9.67 Å². The molecule has 12 heteroatoms. The van der Waals surface area contributed by atoms with Crippen molar-refractivity contribution in [3.05, 3.63) is 47.3 Å². The van der Waals surface area contributed by atoms with Crippen LogP contribution in [0, 0.1) is 0 Å². The molecule has 3 aromatic rings. The van der Waals surface area contributed by atoms with Gasteiger partial charge in [0.15, 0.2) is 5.65 Å². The lowest BCUT2D eigenvalue weighted by Gasteiger charge is -2.26. The molecule has 4 N–H and O–H groups in total. The van der Waals surface area contributed by atoms with Gasteiger partial charge in [-0.05, 0) is 76.9 Å². The van der Waals surface area contributed by atoms with Crippen LogP contribution in [0.5, 0.6) is 0 Å². The number of halogens is 1. The van der Waals surface area contributed by atoms with Gasteiger partial charge in [-0.2, -0.15) is 5.10 Å². The fraction of sp³-hybridized carbons (Fsp3) is 0.588. The number of benzene rings is 1. The first-order valence-corrected chi connectivity index (χ1v) is 16.6. The van der Waals surface area contributed by atoms with Gasteiger partial charge in [-0.3, -0.25) is 9.59 Å². The molecule has 1 saturated heterocycles. The Balaban J connectivity index is 0.00000576. The van der Waals surface area contributed by atoms with E-state index in [0.717, 1.165) is 106 Å². The molecule has 2 amide bonds. The Hall–Kier alpha value is -3.06. The molecule has 0 bridgehead atoms. The molecule has 3 heterocycles. The number of likely N-dealkylation sites (N-methyl/N-ethyl adjacent to an activating group) is 1. The lowest BCUT2D eigenvalue weighted by atomic mass is 10.0. The Bertz CT molecular complexity index is 1380. The van der Waals surface area contributed by atoms with Crippen LogP contribution < -0.4 is 16.0 Å². The van der Waals surface area contributed by atoms with Crippen LogP contribution in [-0.2, 0) is 29.0 Å². The number of aliphatic hydroxyl groups is 1. The average molecular weight is 703 g/mol. The summed E-state index contributed by atoms with van der Waals surface area (Å²) < 4.78 is 7.48. The predicted molar refractivity (Wildman–Crippen MR) is 189 cm³/mol. The number of anilines is 2. The van der Waals surface area contributed by atoms with Crippen LogP contribution in [0.15, 0.2) is 30.5 Å². The topological polar surface area (TPSA) is 134 Å². The molecule has 2 aromatic heterocycles. The molecule has 11 nitrogen and oxygen atoms in total. The zero-order chi connectivity index (χ0) is 32.0. The quantitative estimate of drug-likeness (QED) is 0.131. The molecule has 0 unspecified atom stereocenters. The van der Waals surface area contributed by atoms with Crippen LogP contribution >= 0.6 is 17.0 Å². The minimum Gasteiger partial charge on any atom is -0.395 e. The molecule has 1 aromatic carbocycles. The van der Waals surface area contributed by atoms with E-state index in [1.54, 1.807) is 24.3 Å². The first-order chi connectivity index (χ1) is 21.9. The molecule has 4 rings (SSSR count). The number of aromatic nitrogens is 3. The second-order valence-electron chi connectivity index (χ2n) is 11.8. The first kappa shape index (κ1) is 37.4. The van der Waals surface area contributed by atoms with E-state index >= 15 is 0 Å². The zero-order valence-corrected chi connectivity index (χ0v) is 29.4. The number of hydrogen-bond acceptors (Lipinski definition) is 8. The van der Waals surface area contributed by atoms with Crippen molar-refractivity contribution in [2.24, 2.45) is 0 Å². The molecule has 1 aliphatic heterocycles. The molecule has 46 heavy (non-hydrogen) atoms. The SMILES string of the molecule is Br.CCc1nc2c(cnn2CC)c(NC2CCOCC2)c1CNC(=O)c1ccc(NC(=O)CCCCCCCN(C)CCO)cc1. The number of fused-ring (bicyclic) bond motifs is 1. The molecule has 0 aliphatic carbocycles. The van der Waals surface area contributed by atoms with Crippen LogP contribution in [0.4, 0.5) is 11.4 Å². The molecule has 0 spiro atoms. The van der Waals surface area contributed by atoms with Crippen LogP contribution in [0.25, 0.3) is 11.0 Å². The third-order valence-electron chi connectivity index (χ3n) is 8.46. The molecule has 0 atom stereocenters. The van der Waals surface area contributed by atoms with Crippen molar-refractivity contribution in [1.82, 2.24) is 25.0 Å². The van der Waals surface area contributed by atoms with Crippen molar-refractivity contribution >= 4 is 51.2 Å². The lowest BCUT2D eigenvalue weighted by molar-refractivity contribution is -0.116. The van der Waals surface area contributed by atoms with Gasteiger partial charge in [0, 0.05) is 67.8 Å². The summed E-state index contributed by atoms with van der Waals surface area (Å²) in [6, 6.07) is 7.32. The number of unbranched alkanes of at least 4 members (excludes halogenated alkanes) is 4. The van der Waals surface area contributed by atoms with Gasteiger partial charge in [0.05, 0.1) is 23.9 Å². The van der Waals surface area contributed by atoms with Crippen molar-refractivity contribution in [3.63, 3.8) is 0 Å². The van der Waals surface area contributed by atoms with Crippen molar-refractivity contribution in [2.75, 3.05) is 50.6 Å². The number of pyridine rings is 1. The number of ether oxygens (including phenoxy) is 1. The summed E-state index contributed by atoms with van der Waals surface area (Å²) in [5.41, 5.74) is 4.99. The fourth-order valence-corrected chi connectivity index (χ4v) is 5.78. The highest BCUT2D eigenvalue weighted by atomic mass is 79.9. The number of nitrogens with one attached hydrogen (secondary N) is 3. The van der Waals surface area contributed by atoms with E-state index in [1.165, 1.54) is 0 Å². The number of carbonyl (C=O) groups is 2. The number of aliphatic hydroxyl groups excluding tert-OH is 1. The molecule has 0 saturated carbocycles. The normalized spacial score (nSPS) is 13.5. The lowest BCUT2D eigenvalue weighted by Crippen LogP contribution is -2.30. The van der Waals surface area contributed by atoms with Gasteiger partial charge in [0.25, 0.3) is 5.91 Å². The molecule has 1 aliphatic rings. The number of hydrogen-bond donors (Lipinski definition) is 4. The smallest absolute Gasteiger partial charge is 0.251 e. The Morgan fingerprint density at radius 3 is 2.46 bits per heavy atom. The summed E-state index contributed by atoms with van der Waals surface area (Å²) in [5, 5.41) is 24.3. The van der Waals surface area contributed by atoms with Crippen LogP contribution in [-0.4, -0.2) is 82.6 Å². The zero-order valence-electron chi connectivity index (χ0n) is 27.6. The van der Waals surface area contributed by atoms with E-state index in [-0.39, 0.29) is 41.4 Å². The van der Waals surface area contributed by atoms with Crippen LogP contribution in [0.3, 0.4) is 0 Å². The summed E-state index contributed by atoms with van der Waals surface area (Å²) in [6.07, 6.45) is 10.1. The maximum Gasteiger partial charge on any atom is 0.251 e. The van der Waals surface area contributed by atoms with Crippen molar-refractivity contribution in [1.29, 1.82) is 0 Å². The van der Waals surface area contributed by atoms with Gasteiger partial charge in [0.2, 0.25) is 5.91 Å². The number of rotatable bonds is 18. The highest BCUT2D eigenvalue weighted by Gasteiger charge is 2.22. The van der Waals surface area contributed by atoms with E-state index in [4.69, 9.17) is 14.8 Å². The second kappa shape index (κ2) is 19.6. The maximum atomic E-state index is 13.2. The third-order valence-corrected chi connectivity index (χ3v) is 8.46. The highest BCUT2D eigenvalue weighted by molar-refractivity contribution is 8.93. The van der Waals surface area contributed by atoms with Gasteiger partial charge in [0.1, 0.15) is 0 Å². The summed E-state index contributed by atoms with van der Waals surface area (Å²) >= 11 is 0. The van der Waals surface area contributed by atoms with Crippen LogP contribution in [0.2, 0.25) is 0 Å². The number of amides is 2. The number of aryl methyl sites for hydroxylation is 2. The fourth-order valence-electron chi connectivity index (χ4n) is 5.78. The number of nitrogens with zero attached hydrogens (tertiary/aromatic N) is 4. The maximum absolute atomic E-state index is 13.2. The molecule has 254 valence electrons. The summed E-state index contributed by atoms with van der Waals surface area (Å²) in [4.78, 5) is 32.7. The third kappa shape index (κ3) is 10.8. The van der Waals surface area contributed by atoms with Gasteiger partial charge < -0.3 is 30.7 Å². The average Bonchev–Trinajstić information content (AvgIpc) is 3.47. The van der Waals surface area contributed by atoms with E-state index in [2.05, 4.69) is 39.8 Å². The molecule has 0 radical (unpaired) electrons. The number of carbonyl (C=O) groups excluding carboxylic acids is 2. The van der Waals surface area contributed by atoms with E-state index in [0.29, 0.717) is 30.8 Å². The van der Waals surface area contributed by atoms with E-state index < -0.39 is 0 Å². The predicted octanol–water partition coefficient (Wildman–Crippen LogP) is 5.32. The van der Waals surface area contributed by atoms with Gasteiger partial charge >= 0.3 is 0 Å². The van der Waals surface area contributed by atoms with E-state index in [9.17, 15) is 9.59 Å². The Kier molecular flexibility index (Phi) is 15.9. The molecular weight excluding hydrogens is 650 g/mol. The highest BCUT2D eigenvalue weighted by Crippen LogP contribution is 2.31.